The summed E-state index contributed by atoms with van der Waals surface area (Å²) >= 11 is 0. The minimum atomic E-state index is -1.08. The summed E-state index contributed by atoms with van der Waals surface area (Å²) in [5.74, 6) is -1.45. The molecule has 1 saturated carbocycles. The summed E-state index contributed by atoms with van der Waals surface area (Å²) in [4.78, 5) is 22.3. The molecule has 1 fully saturated rings. The van der Waals surface area contributed by atoms with Crippen molar-refractivity contribution in [2.45, 2.75) is 38.3 Å². The molecule has 0 unspecified atom stereocenters. The van der Waals surface area contributed by atoms with Gasteiger partial charge in [-0.3, -0.25) is 4.79 Å². The zero-order valence-electron chi connectivity index (χ0n) is 11.7. The van der Waals surface area contributed by atoms with E-state index in [4.69, 9.17) is 5.11 Å². The van der Waals surface area contributed by atoms with Crippen molar-refractivity contribution < 1.29 is 19.1 Å². The largest absolute Gasteiger partial charge is 0.478 e. The topological polar surface area (TPSA) is 78.4 Å². The highest BCUT2D eigenvalue weighted by Crippen LogP contribution is 2.18. The van der Waals surface area contributed by atoms with Crippen molar-refractivity contribution in [2.75, 3.05) is 6.54 Å². The fraction of sp³-hybridized carbons (Fsp3) is 0.467. The van der Waals surface area contributed by atoms with Gasteiger partial charge in [-0.1, -0.05) is 0 Å². The van der Waals surface area contributed by atoms with Crippen LogP contribution in [0.4, 0.5) is 4.39 Å². The SMILES string of the molecule is O=C(CCCNCc1cc(C(=O)O)ccc1F)NC1CC1. The number of carbonyl (C=O) groups excluding carboxylic acids is 1. The van der Waals surface area contributed by atoms with Crippen LogP contribution in [-0.4, -0.2) is 29.6 Å². The molecule has 1 aromatic rings. The Morgan fingerprint density at radius 2 is 2.10 bits per heavy atom. The van der Waals surface area contributed by atoms with Crippen LogP contribution in [0.25, 0.3) is 0 Å². The quantitative estimate of drug-likeness (QED) is 0.637. The Labute approximate surface area is 122 Å². The molecule has 21 heavy (non-hydrogen) atoms. The number of hydrogen-bond donors (Lipinski definition) is 3. The number of amides is 1. The van der Waals surface area contributed by atoms with Crippen LogP contribution in [0.1, 0.15) is 41.6 Å². The third kappa shape index (κ3) is 5.15. The van der Waals surface area contributed by atoms with E-state index < -0.39 is 11.8 Å². The average Bonchev–Trinajstić information content (AvgIpc) is 3.24. The van der Waals surface area contributed by atoms with Crippen molar-refractivity contribution in [2.24, 2.45) is 0 Å². The Balaban J connectivity index is 1.69. The molecule has 0 radical (unpaired) electrons. The normalized spacial score (nSPS) is 14.0. The molecule has 0 spiro atoms. The molecule has 1 aromatic carbocycles. The van der Waals surface area contributed by atoms with Gasteiger partial charge in [0.25, 0.3) is 0 Å². The molecule has 2 rings (SSSR count). The van der Waals surface area contributed by atoms with E-state index in [-0.39, 0.29) is 18.0 Å². The number of hydrogen-bond acceptors (Lipinski definition) is 3. The fourth-order valence-corrected chi connectivity index (χ4v) is 1.97. The van der Waals surface area contributed by atoms with E-state index in [0.29, 0.717) is 31.0 Å². The van der Waals surface area contributed by atoms with Crippen LogP contribution in [0.3, 0.4) is 0 Å². The fourth-order valence-electron chi connectivity index (χ4n) is 1.97. The zero-order valence-corrected chi connectivity index (χ0v) is 11.7. The monoisotopic (exact) mass is 294 g/mol. The molecule has 6 heteroatoms. The number of carboxylic acid groups (broad SMARTS) is 1. The lowest BCUT2D eigenvalue weighted by Gasteiger charge is -2.07. The van der Waals surface area contributed by atoms with Crippen LogP contribution in [0.15, 0.2) is 18.2 Å². The summed E-state index contributed by atoms with van der Waals surface area (Å²) in [6, 6.07) is 4.09. The maximum atomic E-state index is 13.5. The number of rotatable bonds is 8. The summed E-state index contributed by atoms with van der Waals surface area (Å²) < 4.78 is 13.5. The molecule has 0 aliphatic heterocycles. The first kappa shape index (κ1) is 15.4. The highest BCUT2D eigenvalue weighted by molar-refractivity contribution is 5.87. The molecule has 0 bridgehead atoms. The lowest BCUT2D eigenvalue weighted by Crippen LogP contribution is -2.26. The van der Waals surface area contributed by atoms with Crippen molar-refractivity contribution in [1.82, 2.24) is 10.6 Å². The van der Waals surface area contributed by atoms with Gasteiger partial charge in [0.1, 0.15) is 5.82 Å². The van der Waals surface area contributed by atoms with Gasteiger partial charge >= 0.3 is 5.97 Å². The predicted octanol–water partition coefficient (Wildman–Crippen LogP) is 1.67. The molecule has 114 valence electrons. The molecule has 5 nitrogen and oxygen atoms in total. The summed E-state index contributed by atoms with van der Waals surface area (Å²) in [5.41, 5.74) is 0.384. The molecule has 3 N–H and O–H groups in total. The second kappa shape index (κ2) is 7.17. The first-order valence-electron chi connectivity index (χ1n) is 7.08. The van der Waals surface area contributed by atoms with Gasteiger partial charge in [-0.25, -0.2) is 9.18 Å². The number of benzene rings is 1. The molecule has 1 amide bonds. The molecule has 0 heterocycles. The van der Waals surface area contributed by atoms with Gasteiger partial charge in [-0.15, -0.1) is 0 Å². The second-order valence-electron chi connectivity index (χ2n) is 5.23. The van der Waals surface area contributed by atoms with Crippen molar-refractivity contribution in [3.8, 4) is 0 Å². The van der Waals surface area contributed by atoms with Crippen LogP contribution in [-0.2, 0) is 11.3 Å². The predicted molar refractivity (Wildman–Crippen MR) is 75.5 cm³/mol. The van der Waals surface area contributed by atoms with E-state index >= 15 is 0 Å². The number of aromatic carboxylic acids is 1. The van der Waals surface area contributed by atoms with E-state index in [1.165, 1.54) is 12.1 Å². The van der Waals surface area contributed by atoms with Crippen molar-refractivity contribution >= 4 is 11.9 Å². The first-order valence-corrected chi connectivity index (χ1v) is 7.08. The number of carbonyl (C=O) groups is 2. The molecule has 1 aliphatic carbocycles. The highest BCUT2D eigenvalue weighted by atomic mass is 19.1. The number of halogens is 1. The van der Waals surface area contributed by atoms with Gasteiger partial charge in [0.05, 0.1) is 5.56 Å². The third-order valence-corrected chi connectivity index (χ3v) is 3.31. The van der Waals surface area contributed by atoms with Gasteiger partial charge in [-0.2, -0.15) is 0 Å². The maximum Gasteiger partial charge on any atom is 0.335 e. The van der Waals surface area contributed by atoms with Gasteiger partial charge < -0.3 is 15.7 Å². The van der Waals surface area contributed by atoms with Gasteiger partial charge in [0, 0.05) is 24.6 Å². The zero-order chi connectivity index (χ0) is 15.2. The van der Waals surface area contributed by atoms with Gasteiger partial charge in [-0.05, 0) is 44.0 Å². The highest BCUT2D eigenvalue weighted by Gasteiger charge is 2.22. The van der Waals surface area contributed by atoms with E-state index in [2.05, 4.69) is 10.6 Å². The summed E-state index contributed by atoms with van der Waals surface area (Å²) in [5, 5.41) is 14.8. The van der Waals surface area contributed by atoms with E-state index in [1.807, 2.05) is 0 Å². The van der Waals surface area contributed by atoms with E-state index in [1.54, 1.807) is 0 Å². The molecule has 0 aromatic heterocycles. The third-order valence-electron chi connectivity index (χ3n) is 3.31. The van der Waals surface area contributed by atoms with Crippen LogP contribution < -0.4 is 10.6 Å². The van der Waals surface area contributed by atoms with Gasteiger partial charge in [0.2, 0.25) is 5.91 Å². The molecular formula is C15H19FN2O3. The minimum absolute atomic E-state index is 0.0540. The van der Waals surface area contributed by atoms with Crippen molar-refractivity contribution in [1.29, 1.82) is 0 Å². The van der Waals surface area contributed by atoms with Crippen LogP contribution >= 0.6 is 0 Å². The Hall–Kier alpha value is -1.95. The van der Waals surface area contributed by atoms with E-state index in [0.717, 1.165) is 18.9 Å². The van der Waals surface area contributed by atoms with Crippen LogP contribution in [0.5, 0.6) is 0 Å². The van der Waals surface area contributed by atoms with Crippen LogP contribution in [0, 0.1) is 5.82 Å². The number of carboxylic acids is 1. The molecular weight excluding hydrogens is 275 g/mol. The summed E-state index contributed by atoms with van der Waals surface area (Å²) in [6.45, 7) is 0.825. The lowest BCUT2D eigenvalue weighted by molar-refractivity contribution is -0.121. The maximum absolute atomic E-state index is 13.5. The van der Waals surface area contributed by atoms with Crippen molar-refractivity contribution in [3.63, 3.8) is 0 Å². The lowest BCUT2D eigenvalue weighted by atomic mass is 10.1. The smallest absolute Gasteiger partial charge is 0.335 e. The van der Waals surface area contributed by atoms with Crippen molar-refractivity contribution in [3.05, 3.63) is 35.1 Å². The Morgan fingerprint density at radius 3 is 2.76 bits per heavy atom. The molecule has 1 aliphatic rings. The Bertz CT molecular complexity index is 530. The summed E-state index contributed by atoms with van der Waals surface area (Å²) in [7, 11) is 0. The Kier molecular flexibility index (Phi) is 5.27. The first-order chi connectivity index (χ1) is 10.1. The molecule has 0 atom stereocenters. The van der Waals surface area contributed by atoms with Crippen LogP contribution in [0.2, 0.25) is 0 Å². The minimum Gasteiger partial charge on any atom is -0.478 e. The van der Waals surface area contributed by atoms with E-state index in [9.17, 15) is 14.0 Å². The number of nitrogens with one attached hydrogen (secondary N) is 2. The molecule has 0 saturated heterocycles. The average molecular weight is 294 g/mol. The second-order valence-corrected chi connectivity index (χ2v) is 5.23. The van der Waals surface area contributed by atoms with Gasteiger partial charge in [0.15, 0.2) is 0 Å². The summed E-state index contributed by atoms with van der Waals surface area (Å²) in [6.07, 6.45) is 3.26. The standard InChI is InChI=1S/C15H19FN2O3/c16-13-6-3-10(15(20)21)8-11(13)9-17-7-1-2-14(19)18-12-4-5-12/h3,6,8,12,17H,1-2,4-5,7,9H2,(H,18,19)(H,20,21). The Morgan fingerprint density at radius 1 is 1.33 bits per heavy atom.